The molecule has 0 spiro atoms. The zero-order valence-electron chi connectivity index (χ0n) is 11.6. The summed E-state index contributed by atoms with van der Waals surface area (Å²) in [4.78, 5) is 4.42. The molecule has 1 heterocycles. The van der Waals surface area contributed by atoms with Gasteiger partial charge in [-0.3, -0.25) is 4.98 Å². The van der Waals surface area contributed by atoms with E-state index < -0.39 is 0 Å². The normalized spacial score (nSPS) is 14.9. The molecule has 2 nitrogen and oxygen atoms in total. The minimum Gasteiger partial charge on any atom is -0.314 e. The highest BCUT2D eigenvalue weighted by molar-refractivity contribution is 5.05. The molecule has 0 amide bonds. The van der Waals surface area contributed by atoms with E-state index in [0.29, 0.717) is 12.0 Å². The Morgan fingerprint density at radius 3 is 2.53 bits per heavy atom. The Labute approximate surface area is 106 Å². The molecule has 1 N–H and O–H groups in total. The fourth-order valence-electron chi connectivity index (χ4n) is 2.39. The largest absolute Gasteiger partial charge is 0.314 e. The van der Waals surface area contributed by atoms with E-state index in [4.69, 9.17) is 0 Å². The van der Waals surface area contributed by atoms with Gasteiger partial charge in [0.15, 0.2) is 0 Å². The van der Waals surface area contributed by atoms with Crippen molar-refractivity contribution < 1.29 is 0 Å². The number of rotatable bonds is 7. The minimum absolute atomic E-state index is 0.539. The van der Waals surface area contributed by atoms with Crippen molar-refractivity contribution in [3.8, 4) is 0 Å². The van der Waals surface area contributed by atoms with Gasteiger partial charge in [-0.05, 0) is 36.9 Å². The molecule has 1 rings (SSSR count). The van der Waals surface area contributed by atoms with Crippen molar-refractivity contribution in [3.63, 3.8) is 0 Å². The molecule has 2 heteroatoms. The molecule has 0 fully saturated rings. The third kappa shape index (κ3) is 5.31. The Morgan fingerprint density at radius 2 is 2.00 bits per heavy atom. The predicted molar refractivity (Wildman–Crippen MR) is 74.0 cm³/mol. The minimum atomic E-state index is 0.539. The molecule has 0 aliphatic carbocycles. The Bertz CT molecular complexity index is 295. The first-order valence-corrected chi connectivity index (χ1v) is 6.76. The van der Waals surface area contributed by atoms with E-state index in [9.17, 15) is 0 Å². The van der Waals surface area contributed by atoms with Crippen LogP contribution in [0, 0.1) is 11.8 Å². The highest BCUT2D eigenvalue weighted by atomic mass is 14.9. The molecule has 2 atom stereocenters. The van der Waals surface area contributed by atoms with Crippen molar-refractivity contribution in [3.05, 3.63) is 30.1 Å². The molecule has 0 radical (unpaired) electrons. The van der Waals surface area contributed by atoms with E-state index in [2.05, 4.69) is 50.1 Å². The van der Waals surface area contributed by atoms with E-state index in [1.165, 1.54) is 12.1 Å². The van der Waals surface area contributed by atoms with Crippen LogP contribution in [0.15, 0.2) is 24.4 Å². The van der Waals surface area contributed by atoms with Gasteiger partial charge >= 0.3 is 0 Å². The number of hydrogen-bond acceptors (Lipinski definition) is 2. The van der Waals surface area contributed by atoms with Crippen molar-refractivity contribution in [2.24, 2.45) is 11.8 Å². The lowest BCUT2D eigenvalue weighted by molar-refractivity contribution is 0.323. The summed E-state index contributed by atoms with van der Waals surface area (Å²) in [5.41, 5.74) is 1.19. The first kappa shape index (κ1) is 14.2. The summed E-state index contributed by atoms with van der Waals surface area (Å²) >= 11 is 0. The molecule has 0 aliphatic heterocycles. The SMILES string of the molecule is CCNC(Cc1ccccn1)C(C)CC(C)C. The van der Waals surface area contributed by atoms with Crippen LogP contribution in [0.25, 0.3) is 0 Å². The average Bonchev–Trinajstić information content (AvgIpc) is 2.29. The van der Waals surface area contributed by atoms with Gasteiger partial charge in [-0.15, -0.1) is 0 Å². The molecule has 0 aliphatic rings. The van der Waals surface area contributed by atoms with Gasteiger partial charge in [-0.25, -0.2) is 0 Å². The number of nitrogens with one attached hydrogen (secondary N) is 1. The molecular weight excluding hydrogens is 208 g/mol. The summed E-state index contributed by atoms with van der Waals surface area (Å²) in [6.07, 6.45) is 4.18. The van der Waals surface area contributed by atoms with Crippen molar-refractivity contribution in [2.45, 2.75) is 46.6 Å². The summed E-state index contributed by atoms with van der Waals surface area (Å²) in [5, 5.41) is 3.60. The highest BCUT2D eigenvalue weighted by Gasteiger charge is 2.18. The van der Waals surface area contributed by atoms with Gasteiger partial charge in [0.25, 0.3) is 0 Å². The topological polar surface area (TPSA) is 24.9 Å². The van der Waals surface area contributed by atoms with E-state index in [0.717, 1.165) is 18.9 Å². The highest BCUT2D eigenvalue weighted by Crippen LogP contribution is 2.17. The summed E-state index contributed by atoms with van der Waals surface area (Å²) in [6.45, 7) is 10.1. The van der Waals surface area contributed by atoms with Gasteiger partial charge in [-0.1, -0.05) is 33.8 Å². The molecular formula is C15H26N2. The Kier molecular flexibility index (Phi) is 6.20. The smallest absolute Gasteiger partial charge is 0.0419 e. The fourth-order valence-corrected chi connectivity index (χ4v) is 2.39. The number of nitrogens with zero attached hydrogens (tertiary/aromatic N) is 1. The van der Waals surface area contributed by atoms with Gasteiger partial charge < -0.3 is 5.32 Å². The first-order chi connectivity index (χ1) is 8.13. The second kappa shape index (κ2) is 7.44. The molecule has 0 saturated carbocycles. The van der Waals surface area contributed by atoms with Crippen molar-refractivity contribution in [2.75, 3.05) is 6.54 Å². The molecule has 1 aromatic heterocycles. The number of pyridine rings is 1. The van der Waals surface area contributed by atoms with Crippen LogP contribution < -0.4 is 5.32 Å². The van der Waals surface area contributed by atoms with Crippen LogP contribution in [0.1, 0.15) is 39.8 Å². The number of likely N-dealkylation sites (N-methyl/N-ethyl adjacent to an activating group) is 1. The molecule has 1 aromatic rings. The summed E-state index contributed by atoms with van der Waals surface area (Å²) < 4.78 is 0. The molecule has 0 saturated heterocycles. The molecule has 2 unspecified atom stereocenters. The van der Waals surface area contributed by atoms with Crippen molar-refractivity contribution in [1.29, 1.82) is 0 Å². The number of hydrogen-bond donors (Lipinski definition) is 1. The zero-order valence-corrected chi connectivity index (χ0v) is 11.6. The lowest BCUT2D eigenvalue weighted by Gasteiger charge is -2.26. The van der Waals surface area contributed by atoms with Gasteiger partial charge in [0.1, 0.15) is 0 Å². The second-order valence-corrected chi connectivity index (χ2v) is 5.30. The van der Waals surface area contributed by atoms with E-state index in [1.807, 2.05) is 12.3 Å². The maximum atomic E-state index is 4.42. The van der Waals surface area contributed by atoms with Crippen molar-refractivity contribution in [1.82, 2.24) is 10.3 Å². The number of aromatic nitrogens is 1. The van der Waals surface area contributed by atoms with Crippen LogP contribution in [0.3, 0.4) is 0 Å². The van der Waals surface area contributed by atoms with Gasteiger partial charge in [0.05, 0.1) is 0 Å². The van der Waals surface area contributed by atoms with E-state index in [-0.39, 0.29) is 0 Å². The van der Waals surface area contributed by atoms with Crippen LogP contribution >= 0.6 is 0 Å². The molecule has 96 valence electrons. The van der Waals surface area contributed by atoms with Gasteiger partial charge in [0.2, 0.25) is 0 Å². The zero-order chi connectivity index (χ0) is 12.7. The van der Waals surface area contributed by atoms with Crippen LogP contribution in [-0.2, 0) is 6.42 Å². The molecule has 0 aromatic carbocycles. The van der Waals surface area contributed by atoms with Gasteiger partial charge in [-0.2, -0.15) is 0 Å². The summed E-state index contributed by atoms with van der Waals surface area (Å²) in [5.74, 6) is 1.45. The Balaban J connectivity index is 2.59. The standard InChI is InChI=1S/C15H26N2/c1-5-16-15(13(4)10-12(2)3)11-14-8-6-7-9-17-14/h6-9,12-13,15-16H,5,10-11H2,1-4H3. The monoisotopic (exact) mass is 234 g/mol. The van der Waals surface area contributed by atoms with E-state index >= 15 is 0 Å². The third-order valence-corrected chi connectivity index (χ3v) is 3.15. The quantitative estimate of drug-likeness (QED) is 0.783. The fraction of sp³-hybridized carbons (Fsp3) is 0.667. The molecule has 17 heavy (non-hydrogen) atoms. The summed E-state index contributed by atoms with van der Waals surface area (Å²) in [6, 6.07) is 6.70. The lowest BCUT2D eigenvalue weighted by atomic mass is 9.89. The maximum absolute atomic E-state index is 4.42. The summed E-state index contributed by atoms with van der Waals surface area (Å²) in [7, 11) is 0. The van der Waals surface area contributed by atoms with Gasteiger partial charge in [0, 0.05) is 24.4 Å². The first-order valence-electron chi connectivity index (χ1n) is 6.76. The third-order valence-electron chi connectivity index (χ3n) is 3.15. The van der Waals surface area contributed by atoms with Crippen LogP contribution in [0.4, 0.5) is 0 Å². The van der Waals surface area contributed by atoms with Crippen LogP contribution in [0.2, 0.25) is 0 Å². The maximum Gasteiger partial charge on any atom is 0.0419 e. The van der Waals surface area contributed by atoms with Crippen LogP contribution in [-0.4, -0.2) is 17.6 Å². The second-order valence-electron chi connectivity index (χ2n) is 5.30. The van der Waals surface area contributed by atoms with Crippen molar-refractivity contribution >= 4 is 0 Å². The Morgan fingerprint density at radius 1 is 1.24 bits per heavy atom. The van der Waals surface area contributed by atoms with E-state index in [1.54, 1.807) is 0 Å². The average molecular weight is 234 g/mol. The Hall–Kier alpha value is -0.890. The lowest BCUT2D eigenvalue weighted by Crippen LogP contribution is -2.37. The van der Waals surface area contributed by atoms with Crippen LogP contribution in [0.5, 0.6) is 0 Å². The predicted octanol–water partition coefficient (Wildman–Crippen LogP) is 3.28. The molecule has 0 bridgehead atoms.